The predicted octanol–water partition coefficient (Wildman–Crippen LogP) is 2.93. The molecule has 68 valence electrons. The van der Waals surface area contributed by atoms with Crippen molar-refractivity contribution < 1.29 is 4.39 Å². The van der Waals surface area contributed by atoms with Gasteiger partial charge in [0.2, 0.25) is 0 Å². The molecule has 1 aromatic carbocycles. The van der Waals surface area contributed by atoms with Crippen LogP contribution in [0.1, 0.15) is 11.1 Å². The van der Waals surface area contributed by atoms with E-state index >= 15 is 0 Å². The number of fused-ring (bicyclic) bond motifs is 1. The fourth-order valence-corrected chi connectivity index (χ4v) is 1.82. The maximum Gasteiger partial charge on any atom is 0.147 e. The monoisotopic (exact) mass is 177 g/mol. The summed E-state index contributed by atoms with van der Waals surface area (Å²) in [5.74, 6) is -0.134. The Morgan fingerprint density at radius 3 is 2.62 bits per heavy atom. The Labute approximate surface area is 76.8 Å². The van der Waals surface area contributed by atoms with Crippen molar-refractivity contribution in [2.45, 2.75) is 13.8 Å². The molecule has 0 atom stereocenters. The number of aryl methyl sites for hydroxylation is 3. The molecule has 1 aromatic heterocycles. The van der Waals surface area contributed by atoms with E-state index in [4.69, 9.17) is 0 Å². The molecule has 13 heavy (non-hydrogen) atoms. The Hall–Kier alpha value is -1.31. The Morgan fingerprint density at radius 2 is 1.92 bits per heavy atom. The Kier molecular flexibility index (Phi) is 1.65. The summed E-state index contributed by atoms with van der Waals surface area (Å²) in [6.45, 7) is 3.91. The summed E-state index contributed by atoms with van der Waals surface area (Å²) in [4.78, 5) is 0. The van der Waals surface area contributed by atoms with Crippen molar-refractivity contribution in [3.8, 4) is 0 Å². The molecule has 0 N–H and O–H groups in total. The van der Waals surface area contributed by atoms with E-state index in [-0.39, 0.29) is 5.82 Å². The van der Waals surface area contributed by atoms with E-state index in [0.717, 1.165) is 16.5 Å². The lowest BCUT2D eigenvalue weighted by Gasteiger charge is -1.99. The molecular weight excluding hydrogens is 165 g/mol. The zero-order valence-electron chi connectivity index (χ0n) is 8.06. The van der Waals surface area contributed by atoms with Gasteiger partial charge in [0.05, 0.1) is 5.52 Å². The first kappa shape index (κ1) is 8.30. The number of hydrogen-bond donors (Lipinski definition) is 0. The van der Waals surface area contributed by atoms with Crippen molar-refractivity contribution in [1.82, 2.24) is 4.57 Å². The quantitative estimate of drug-likeness (QED) is 0.583. The zero-order valence-corrected chi connectivity index (χ0v) is 8.06. The van der Waals surface area contributed by atoms with E-state index < -0.39 is 0 Å². The maximum absolute atomic E-state index is 13.5. The van der Waals surface area contributed by atoms with Crippen LogP contribution in [-0.4, -0.2) is 4.57 Å². The third-order valence-corrected chi connectivity index (χ3v) is 2.37. The highest BCUT2D eigenvalue weighted by molar-refractivity contribution is 5.84. The molecule has 0 unspecified atom stereocenters. The van der Waals surface area contributed by atoms with Crippen LogP contribution in [0.4, 0.5) is 4.39 Å². The molecule has 0 saturated heterocycles. The lowest BCUT2D eigenvalue weighted by atomic mass is 10.1. The number of benzene rings is 1. The zero-order chi connectivity index (χ0) is 9.59. The Morgan fingerprint density at radius 1 is 1.23 bits per heavy atom. The lowest BCUT2D eigenvalue weighted by molar-refractivity contribution is 0.631. The van der Waals surface area contributed by atoms with Crippen LogP contribution < -0.4 is 0 Å². The molecule has 0 fully saturated rings. The summed E-state index contributed by atoms with van der Waals surface area (Å²) in [5.41, 5.74) is 2.79. The van der Waals surface area contributed by atoms with Crippen LogP contribution in [0.3, 0.4) is 0 Å². The largest absolute Gasteiger partial charge is 0.348 e. The van der Waals surface area contributed by atoms with E-state index in [2.05, 4.69) is 0 Å². The third-order valence-electron chi connectivity index (χ3n) is 2.37. The molecule has 0 aliphatic rings. The van der Waals surface area contributed by atoms with Crippen molar-refractivity contribution in [2.75, 3.05) is 0 Å². The van der Waals surface area contributed by atoms with Gasteiger partial charge >= 0.3 is 0 Å². The van der Waals surface area contributed by atoms with E-state index in [1.165, 1.54) is 0 Å². The second-order valence-corrected chi connectivity index (χ2v) is 3.57. The topological polar surface area (TPSA) is 4.93 Å². The summed E-state index contributed by atoms with van der Waals surface area (Å²) >= 11 is 0. The lowest BCUT2D eigenvalue weighted by Crippen LogP contribution is -1.88. The molecule has 0 amide bonds. The predicted molar refractivity (Wildman–Crippen MR) is 52.4 cm³/mol. The first-order chi connectivity index (χ1) is 6.09. The second-order valence-electron chi connectivity index (χ2n) is 3.57. The minimum absolute atomic E-state index is 0.134. The molecule has 1 heterocycles. The fraction of sp³-hybridized carbons (Fsp3) is 0.273. The summed E-state index contributed by atoms with van der Waals surface area (Å²) < 4.78 is 15.3. The van der Waals surface area contributed by atoms with Crippen LogP contribution in [0.2, 0.25) is 0 Å². The second kappa shape index (κ2) is 2.59. The highest BCUT2D eigenvalue weighted by Gasteiger charge is 2.08. The molecular formula is C11H12FN. The van der Waals surface area contributed by atoms with Gasteiger partial charge in [-0.3, -0.25) is 0 Å². The van der Waals surface area contributed by atoms with Gasteiger partial charge in [-0.15, -0.1) is 0 Å². The summed E-state index contributed by atoms with van der Waals surface area (Å²) in [7, 11) is 1.87. The molecule has 0 radical (unpaired) electrons. The average Bonchev–Trinajstić information content (AvgIpc) is 2.27. The number of nitrogens with zero attached hydrogens (tertiary/aromatic N) is 1. The number of aromatic nitrogens is 1. The maximum atomic E-state index is 13.5. The molecule has 0 aliphatic carbocycles. The van der Waals surface area contributed by atoms with Crippen LogP contribution in [-0.2, 0) is 7.05 Å². The van der Waals surface area contributed by atoms with Crippen LogP contribution in [0, 0.1) is 19.7 Å². The van der Waals surface area contributed by atoms with Gasteiger partial charge in [-0.25, -0.2) is 4.39 Å². The minimum Gasteiger partial charge on any atom is -0.348 e. The first-order valence-corrected chi connectivity index (χ1v) is 4.31. The van der Waals surface area contributed by atoms with Gasteiger partial charge in [0.15, 0.2) is 0 Å². The summed E-state index contributed by atoms with van der Waals surface area (Å²) in [6, 6.07) is 3.59. The molecule has 2 aromatic rings. The van der Waals surface area contributed by atoms with Crippen molar-refractivity contribution in [3.05, 3.63) is 35.3 Å². The molecule has 0 saturated carbocycles. The number of hydrogen-bond acceptors (Lipinski definition) is 0. The van der Waals surface area contributed by atoms with Gasteiger partial charge in [0.1, 0.15) is 5.82 Å². The standard InChI is InChI=1S/C11H12FN/c1-7-4-9-8(2)6-13(3)11(9)10(12)5-7/h4-6H,1-3H3. The number of halogens is 1. The normalized spacial score (nSPS) is 11.1. The van der Waals surface area contributed by atoms with E-state index in [1.807, 2.05) is 37.7 Å². The average molecular weight is 177 g/mol. The van der Waals surface area contributed by atoms with Gasteiger partial charge in [0.25, 0.3) is 0 Å². The number of rotatable bonds is 0. The Bertz CT molecular complexity index is 468. The van der Waals surface area contributed by atoms with Gasteiger partial charge in [-0.2, -0.15) is 0 Å². The van der Waals surface area contributed by atoms with E-state index in [1.54, 1.807) is 6.07 Å². The van der Waals surface area contributed by atoms with Crippen LogP contribution in [0.15, 0.2) is 18.3 Å². The molecule has 0 aliphatic heterocycles. The minimum atomic E-state index is -0.134. The molecule has 2 heteroatoms. The first-order valence-electron chi connectivity index (χ1n) is 4.31. The van der Waals surface area contributed by atoms with Crippen LogP contribution in [0.5, 0.6) is 0 Å². The van der Waals surface area contributed by atoms with Crippen molar-refractivity contribution >= 4 is 10.9 Å². The summed E-state index contributed by atoms with van der Waals surface area (Å²) in [5, 5.41) is 1.01. The van der Waals surface area contributed by atoms with Gasteiger partial charge in [0, 0.05) is 18.6 Å². The van der Waals surface area contributed by atoms with E-state index in [9.17, 15) is 4.39 Å². The van der Waals surface area contributed by atoms with Crippen molar-refractivity contribution in [2.24, 2.45) is 7.05 Å². The van der Waals surface area contributed by atoms with Crippen molar-refractivity contribution in [3.63, 3.8) is 0 Å². The fourth-order valence-electron chi connectivity index (χ4n) is 1.82. The van der Waals surface area contributed by atoms with Gasteiger partial charge < -0.3 is 4.57 Å². The molecule has 0 bridgehead atoms. The smallest absolute Gasteiger partial charge is 0.147 e. The Balaban J connectivity index is 2.97. The highest BCUT2D eigenvalue weighted by Crippen LogP contribution is 2.23. The summed E-state index contributed by atoms with van der Waals surface area (Å²) in [6.07, 6.45) is 1.95. The van der Waals surface area contributed by atoms with Gasteiger partial charge in [-0.1, -0.05) is 0 Å². The van der Waals surface area contributed by atoms with Crippen LogP contribution in [0.25, 0.3) is 10.9 Å². The SMILES string of the molecule is Cc1cc(F)c2c(c1)c(C)cn2C. The van der Waals surface area contributed by atoms with Crippen molar-refractivity contribution in [1.29, 1.82) is 0 Å². The molecule has 1 nitrogen and oxygen atoms in total. The third kappa shape index (κ3) is 1.13. The highest BCUT2D eigenvalue weighted by atomic mass is 19.1. The van der Waals surface area contributed by atoms with Gasteiger partial charge in [-0.05, 0) is 37.1 Å². The molecule has 2 rings (SSSR count). The molecule has 0 spiro atoms. The van der Waals surface area contributed by atoms with Crippen LogP contribution >= 0.6 is 0 Å². The van der Waals surface area contributed by atoms with E-state index in [0.29, 0.717) is 5.52 Å².